The van der Waals surface area contributed by atoms with Gasteiger partial charge < -0.3 is 14.2 Å². The predicted molar refractivity (Wildman–Crippen MR) is 333 cm³/mol. The van der Waals surface area contributed by atoms with Crippen LogP contribution in [-0.4, -0.2) is 11.7 Å². The van der Waals surface area contributed by atoms with E-state index in [1.165, 1.54) is 125 Å². The molecular formula is C73H52BN3O. The number of oxazole rings is 1. The summed E-state index contributed by atoms with van der Waals surface area (Å²) < 4.78 is 6.84. The number of aromatic nitrogens is 1. The zero-order chi connectivity index (χ0) is 52.1. The van der Waals surface area contributed by atoms with Crippen molar-refractivity contribution in [3.8, 4) is 11.5 Å². The first-order valence-electron chi connectivity index (χ1n) is 27.6. The molecule has 0 N–H and O–H groups in total. The van der Waals surface area contributed by atoms with Crippen LogP contribution in [-0.2, 0) is 10.8 Å². The van der Waals surface area contributed by atoms with E-state index in [0.29, 0.717) is 5.89 Å². The Labute approximate surface area is 452 Å². The molecule has 3 heterocycles. The molecule has 0 fully saturated rings. The SMILES string of the molecule is CC(C)(C)c1ccc(N2c3cc(-c4nc5ccccc5o4)cc4c3B(c3cc5c6cccc7cccc(c8cccc(c32)c85)c76)c2cc3c5cccc6cccc(c7cccc(c2N4c2ccc(C(C)(C)C)cc2)c73)c65)cc1. The number of para-hydroxylation sites is 2. The van der Waals surface area contributed by atoms with E-state index in [1.807, 2.05) is 24.3 Å². The summed E-state index contributed by atoms with van der Waals surface area (Å²) in [6, 6.07) is 78.3. The molecule has 0 aliphatic carbocycles. The van der Waals surface area contributed by atoms with Gasteiger partial charge in [-0.15, -0.1) is 0 Å². The molecule has 5 heteroatoms. The number of benzene rings is 14. The van der Waals surface area contributed by atoms with Gasteiger partial charge >= 0.3 is 0 Å². The highest BCUT2D eigenvalue weighted by Crippen LogP contribution is 2.53. The number of nitrogens with zero attached hydrogens (tertiary/aromatic N) is 3. The maximum absolute atomic E-state index is 6.84. The molecule has 0 bridgehead atoms. The van der Waals surface area contributed by atoms with Gasteiger partial charge in [-0.3, -0.25) is 0 Å². The summed E-state index contributed by atoms with van der Waals surface area (Å²) in [6.07, 6.45) is 0. The lowest BCUT2D eigenvalue weighted by Crippen LogP contribution is -2.61. The molecule has 0 saturated carbocycles. The second-order valence-corrected chi connectivity index (χ2v) is 24.2. The summed E-state index contributed by atoms with van der Waals surface area (Å²) in [5.41, 5.74) is 15.7. The molecule has 0 spiro atoms. The van der Waals surface area contributed by atoms with Crippen LogP contribution in [0.5, 0.6) is 0 Å². The van der Waals surface area contributed by atoms with Crippen LogP contribution in [0.3, 0.4) is 0 Å². The Hall–Kier alpha value is -9.19. The molecule has 14 aromatic carbocycles. The van der Waals surface area contributed by atoms with Crippen molar-refractivity contribution in [3.63, 3.8) is 0 Å². The van der Waals surface area contributed by atoms with Gasteiger partial charge in [0.15, 0.2) is 5.58 Å². The van der Waals surface area contributed by atoms with Gasteiger partial charge in [0.2, 0.25) is 5.89 Å². The lowest BCUT2D eigenvalue weighted by Gasteiger charge is -2.45. The Morgan fingerprint density at radius 3 is 1.22 bits per heavy atom. The highest BCUT2D eigenvalue weighted by Gasteiger charge is 2.46. The summed E-state index contributed by atoms with van der Waals surface area (Å²) in [5.74, 6) is 0.595. The lowest BCUT2D eigenvalue weighted by molar-refractivity contribution is 0.590. The van der Waals surface area contributed by atoms with Crippen LogP contribution in [0.2, 0.25) is 0 Å². The summed E-state index contributed by atoms with van der Waals surface area (Å²) in [6.45, 7) is 13.6. The zero-order valence-electron chi connectivity index (χ0n) is 44.5. The van der Waals surface area contributed by atoms with Crippen molar-refractivity contribution in [1.29, 1.82) is 0 Å². The maximum atomic E-state index is 6.84. The molecule has 0 atom stereocenters. The Morgan fingerprint density at radius 1 is 0.385 bits per heavy atom. The van der Waals surface area contributed by atoms with Crippen LogP contribution in [0.1, 0.15) is 52.7 Å². The monoisotopic (exact) mass is 997 g/mol. The number of rotatable bonds is 3. The molecule has 17 rings (SSSR count). The molecule has 2 aliphatic rings. The van der Waals surface area contributed by atoms with E-state index in [0.717, 1.165) is 39.4 Å². The third-order valence-corrected chi connectivity index (χ3v) is 17.8. The summed E-state index contributed by atoms with van der Waals surface area (Å²) >= 11 is 0. The standard InChI is InChI=1S/C73H52BN3O/c1-72(2,3)44-29-33-46(34-30-44)76-61-37-43(71-75-60-27-7-8-28-63(60)78-71)38-62-68(61)74(58-39-56-52-21-11-17-41-15-9-19-48(64(41)52)50-23-13-25-54(66(50)56)69(58)76)59-40-57-53-22-12-18-42-16-10-20-49(65(42)53)51-24-14-26-55(67(51)57)70(59)77(62)47-35-31-45(32-36-47)73(4,5)6/h7-40H,1-6H3. The third-order valence-electron chi connectivity index (χ3n) is 17.8. The highest BCUT2D eigenvalue weighted by molar-refractivity contribution is 7.01. The first kappa shape index (κ1) is 44.0. The minimum atomic E-state index is -0.186. The predicted octanol–water partition coefficient (Wildman–Crippen LogP) is 18.3. The van der Waals surface area contributed by atoms with Gasteiger partial charge in [0.25, 0.3) is 6.71 Å². The van der Waals surface area contributed by atoms with E-state index in [2.05, 4.69) is 233 Å². The van der Waals surface area contributed by atoms with Crippen molar-refractivity contribution in [3.05, 3.63) is 217 Å². The normalized spacial score (nSPS) is 13.7. The molecule has 2 aliphatic heterocycles. The average Bonchev–Trinajstić information content (AvgIpc) is 2.36. The zero-order valence-corrected chi connectivity index (χ0v) is 44.5. The van der Waals surface area contributed by atoms with Gasteiger partial charge in [-0.05, 0) is 162 Å². The van der Waals surface area contributed by atoms with Gasteiger partial charge in [-0.1, -0.05) is 199 Å². The fourth-order valence-corrected chi connectivity index (χ4v) is 14.3. The van der Waals surface area contributed by atoms with Crippen molar-refractivity contribution in [2.45, 2.75) is 52.4 Å². The largest absolute Gasteiger partial charge is 0.436 e. The maximum Gasteiger partial charge on any atom is 0.252 e. The molecular weight excluding hydrogens is 946 g/mol. The van der Waals surface area contributed by atoms with Gasteiger partial charge in [-0.2, -0.15) is 0 Å². The van der Waals surface area contributed by atoms with Crippen LogP contribution >= 0.6 is 0 Å². The minimum absolute atomic E-state index is 0.0299. The topological polar surface area (TPSA) is 32.5 Å². The quantitative estimate of drug-likeness (QED) is 0.100. The van der Waals surface area contributed by atoms with Crippen molar-refractivity contribution >= 4 is 155 Å². The first-order chi connectivity index (χ1) is 38.0. The third kappa shape index (κ3) is 5.88. The molecule has 0 saturated heterocycles. The van der Waals surface area contributed by atoms with Gasteiger partial charge in [0.05, 0.1) is 0 Å². The van der Waals surface area contributed by atoms with Crippen molar-refractivity contribution in [2.24, 2.45) is 0 Å². The molecule has 368 valence electrons. The van der Waals surface area contributed by atoms with Gasteiger partial charge in [0.1, 0.15) is 5.52 Å². The summed E-state index contributed by atoms with van der Waals surface area (Å²) in [7, 11) is 0. The highest BCUT2D eigenvalue weighted by atomic mass is 16.3. The Balaban J connectivity index is 1.09. The van der Waals surface area contributed by atoms with E-state index < -0.39 is 0 Å². The van der Waals surface area contributed by atoms with Gasteiger partial charge in [0, 0.05) is 50.5 Å². The van der Waals surface area contributed by atoms with Crippen LogP contribution in [0.25, 0.3) is 109 Å². The number of fused-ring (bicyclic) bond motifs is 11. The van der Waals surface area contributed by atoms with E-state index in [9.17, 15) is 0 Å². The minimum Gasteiger partial charge on any atom is -0.436 e. The Kier molecular flexibility index (Phi) is 8.61. The van der Waals surface area contributed by atoms with Crippen LogP contribution < -0.4 is 26.2 Å². The van der Waals surface area contributed by atoms with E-state index in [4.69, 9.17) is 9.40 Å². The second-order valence-electron chi connectivity index (χ2n) is 24.2. The molecule has 0 unspecified atom stereocenters. The van der Waals surface area contributed by atoms with Crippen LogP contribution in [0.15, 0.2) is 211 Å². The lowest BCUT2D eigenvalue weighted by atomic mass is 9.33. The molecule has 15 aromatic rings. The first-order valence-corrected chi connectivity index (χ1v) is 27.6. The number of hydrogen-bond acceptors (Lipinski definition) is 4. The van der Waals surface area contributed by atoms with E-state index in [1.54, 1.807) is 0 Å². The number of anilines is 6. The van der Waals surface area contributed by atoms with Crippen molar-refractivity contribution < 1.29 is 4.42 Å². The average molecular weight is 998 g/mol. The smallest absolute Gasteiger partial charge is 0.252 e. The van der Waals surface area contributed by atoms with E-state index >= 15 is 0 Å². The fraction of sp³-hybridized carbons (Fsp3) is 0.110. The molecule has 0 radical (unpaired) electrons. The molecule has 1 aromatic heterocycles. The Bertz CT molecular complexity index is 4740. The molecule has 78 heavy (non-hydrogen) atoms. The van der Waals surface area contributed by atoms with E-state index in [-0.39, 0.29) is 17.5 Å². The number of hydrogen-bond donors (Lipinski definition) is 0. The van der Waals surface area contributed by atoms with Gasteiger partial charge in [-0.25, -0.2) is 4.98 Å². The molecule has 0 amide bonds. The van der Waals surface area contributed by atoms with Crippen molar-refractivity contribution in [1.82, 2.24) is 4.98 Å². The summed E-state index contributed by atoms with van der Waals surface area (Å²) in [4.78, 5) is 10.5. The fourth-order valence-electron chi connectivity index (χ4n) is 14.3. The summed E-state index contributed by atoms with van der Waals surface area (Å²) in [5, 5.41) is 20.4. The van der Waals surface area contributed by atoms with Crippen LogP contribution in [0.4, 0.5) is 34.1 Å². The Morgan fingerprint density at radius 2 is 0.782 bits per heavy atom. The second kappa shape index (κ2) is 15.3. The van der Waals surface area contributed by atoms with Crippen molar-refractivity contribution in [2.75, 3.05) is 9.80 Å². The van der Waals surface area contributed by atoms with Crippen LogP contribution in [0, 0.1) is 0 Å². The molecule has 4 nitrogen and oxygen atoms in total.